The maximum atomic E-state index is 11.4. The molecule has 0 fully saturated rings. The van der Waals surface area contributed by atoms with Crippen molar-refractivity contribution >= 4 is 11.8 Å². The fourth-order valence-corrected chi connectivity index (χ4v) is 4.82. The van der Waals surface area contributed by atoms with Gasteiger partial charge in [0.25, 0.3) is 0 Å². The Morgan fingerprint density at radius 1 is 0.917 bits per heavy atom. The lowest BCUT2D eigenvalue weighted by Crippen LogP contribution is -2.31. The summed E-state index contributed by atoms with van der Waals surface area (Å²) >= 11 is 1.83. The van der Waals surface area contributed by atoms with Crippen molar-refractivity contribution in [2.24, 2.45) is 0 Å². The lowest BCUT2D eigenvalue weighted by Gasteiger charge is -2.34. The Hall–Kier alpha value is -1.97. The molecular formula is C21H21NOS. The number of nitrogens with zero attached hydrogens (tertiary/aromatic N) is 1. The number of rotatable bonds is 2. The maximum Gasteiger partial charge on any atom is 0.116 e. The van der Waals surface area contributed by atoms with Gasteiger partial charge in [0.2, 0.25) is 0 Å². The smallest absolute Gasteiger partial charge is 0.116 e. The molecule has 1 aliphatic rings. The van der Waals surface area contributed by atoms with E-state index in [1.165, 1.54) is 16.3 Å². The summed E-state index contributed by atoms with van der Waals surface area (Å²) in [6, 6.07) is 20.8. The predicted octanol–water partition coefficient (Wildman–Crippen LogP) is 4.83. The standard InChI is InChI=1S/C21H21NOS/c1-15-7-8-16(2)22(15)18-11-9-17(10-12-18)21(23)13-14-24-20-6-4-3-5-19(20)21/h3-12,23H,13-14H2,1-2H3/t21-/m1/s1. The third kappa shape index (κ3) is 2.40. The van der Waals surface area contributed by atoms with Gasteiger partial charge in [-0.05, 0) is 56.2 Å². The fraction of sp³-hybridized carbons (Fsp3) is 0.238. The quantitative estimate of drug-likeness (QED) is 0.726. The highest BCUT2D eigenvalue weighted by Crippen LogP contribution is 2.44. The summed E-state index contributed by atoms with van der Waals surface area (Å²) < 4.78 is 2.23. The zero-order valence-corrected chi connectivity index (χ0v) is 14.8. The van der Waals surface area contributed by atoms with Crippen LogP contribution < -0.4 is 0 Å². The van der Waals surface area contributed by atoms with E-state index >= 15 is 0 Å². The maximum absolute atomic E-state index is 11.4. The van der Waals surface area contributed by atoms with E-state index in [9.17, 15) is 5.11 Å². The lowest BCUT2D eigenvalue weighted by atomic mass is 9.83. The number of aryl methyl sites for hydroxylation is 2. The van der Waals surface area contributed by atoms with Crippen LogP contribution in [0, 0.1) is 13.8 Å². The van der Waals surface area contributed by atoms with Crippen LogP contribution in [0.5, 0.6) is 0 Å². The molecule has 3 heteroatoms. The highest BCUT2D eigenvalue weighted by molar-refractivity contribution is 7.99. The molecule has 2 nitrogen and oxygen atoms in total. The van der Waals surface area contributed by atoms with Gasteiger partial charge in [-0.2, -0.15) is 0 Å². The molecule has 4 rings (SSSR count). The van der Waals surface area contributed by atoms with E-state index in [2.05, 4.69) is 66.9 Å². The zero-order valence-electron chi connectivity index (χ0n) is 14.0. The van der Waals surface area contributed by atoms with Crippen molar-refractivity contribution in [2.75, 3.05) is 5.75 Å². The average Bonchev–Trinajstić information content (AvgIpc) is 2.94. The summed E-state index contributed by atoms with van der Waals surface area (Å²) in [5, 5.41) is 11.4. The van der Waals surface area contributed by atoms with Crippen molar-refractivity contribution in [3.63, 3.8) is 0 Å². The van der Waals surface area contributed by atoms with Gasteiger partial charge in [0.1, 0.15) is 5.60 Å². The highest BCUT2D eigenvalue weighted by atomic mass is 32.2. The number of aliphatic hydroxyl groups is 1. The SMILES string of the molecule is Cc1ccc(C)n1-c1ccc([C@]2(O)CCSc3ccccc32)cc1. The Labute approximate surface area is 147 Å². The van der Waals surface area contributed by atoms with Crippen LogP contribution in [-0.4, -0.2) is 15.4 Å². The van der Waals surface area contributed by atoms with Crippen molar-refractivity contribution in [2.45, 2.75) is 30.8 Å². The van der Waals surface area contributed by atoms with Crippen LogP contribution in [0.25, 0.3) is 5.69 Å². The molecule has 2 heterocycles. The minimum Gasteiger partial charge on any atom is -0.380 e. The van der Waals surface area contributed by atoms with Gasteiger partial charge in [0.15, 0.2) is 0 Å². The summed E-state index contributed by atoms with van der Waals surface area (Å²) in [5.41, 5.74) is 4.70. The average molecular weight is 335 g/mol. The van der Waals surface area contributed by atoms with Crippen LogP contribution in [0.3, 0.4) is 0 Å². The normalized spacial score (nSPS) is 20.0. The van der Waals surface area contributed by atoms with E-state index in [0.29, 0.717) is 0 Å². The van der Waals surface area contributed by atoms with Crippen LogP contribution in [0.15, 0.2) is 65.6 Å². The molecule has 0 bridgehead atoms. The van der Waals surface area contributed by atoms with Crippen molar-refractivity contribution < 1.29 is 5.11 Å². The van der Waals surface area contributed by atoms with Crippen LogP contribution >= 0.6 is 11.8 Å². The molecule has 1 atom stereocenters. The first-order chi connectivity index (χ1) is 11.6. The third-order valence-electron chi connectivity index (χ3n) is 4.93. The Morgan fingerprint density at radius 3 is 2.29 bits per heavy atom. The molecule has 0 saturated carbocycles. The second kappa shape index (κ2) is 5.83. The van der Waals surface area contributed by atoms with Gasteiger partial charge in [-0.3, -0.25) is 0 Å². The molecule has 1 aliphatic heterocycles. The van der Waals surface area contributed by atoms with Crippen molar-refractivity contribution in [3.05, 3.63) is 83.2 Å². The van der Waals surface area contributed by atoms with Crippen LogP contribution in [0.4, 0.5) is 0 Å². The summed E-state index contributed by atoms with van der Waals surface area (Å²) in [4.78, 5) is 1.19. The van der Waals surface area contributed by atoms with Gasteiger partial charge in [-0.15, -0.1) is 11.8 Å². The summed E-state index contributed by atoms with van der Waals surface area (Å²) in [6.45, 7) is 4.23. The first-order valence-corrected chi connectivity index (χ1v) is 9.29. The van der Waals surface area contributed by atoms with Gasteiger partial charge < -0.3 is 9.67 Å². The molecule has 2 aromatic carbocycles. The van der Waals surface area contributed by atoms with Gasteiger partial charge >= 0.3 is 0 Å². The molecule has 0 aliphatic carbocycles. The molecule has 122 valence electrons. The molecule has 0 spiro atoms. The molecule has 0 unspecified atom stereocenters. The first kappa shape index (κ1) is 15.6. The fourth-order valence-electron chi connectivity index (χ4n) is 3.64. The van der Waals surface area contributed by atoms with Gasteiger partial charge in [-0.1, -0.05) is 30.3 Å². The number of hydrogen-bond acceptors (Lipinski definition) is 2. The molecule has 1 N–H and O–H groups in total. The minimum absolute atomic E-state index is 0.746. The monoisotopic (exact) mass is 335 g/mol. The Balaban J connectivity index is 1.76. The largest absolute Gasteiger partial charge is 0.380 e. The lowest BCUT2D eigenvalue weighted by molar-refractivity contribution is 0.0731. The summed E-state index contributed by atoms with van der Waals surface area (Å²) in [6.07, 6.45) is 0.746. The molecule has 0 amide bonds. The zero-order chi connectivity index (χ0) is 16.7. The van der Waals surface area contributed by atoms with Crippen LogP contribution in [0.2, 0.25) is 0 Å². The van der Waals surface area contributed by atoms with E-state index in [0.717, 1.165) is 29.0 Å². The van der Waals surface area contributed by atoms with E-state index < -0.39 is 5.60 Å². The number of benzene rings is 2. The Bertz CT molecular complexity index is 862. The molecule has 24 heavy (non-hydrogen) atoms. The topological polar surface area (TPSA) is 25.2 Å². The molecule has 1 aromatic heterocycles. The first-order valence-electron chi connectivity index (χ1n) is 8.30. The van der Waals surface area contributed by atoms with Gasteiger partial charge in [0, 0.05) is 33.3 Å². The van der Waals surface area contributed by atoms with Crippen molar-refractivity contribution in [1.82, 2.24) is 4.57 Å². The predicted molar refractivity (Wildman–Crippen MR) is 100 cm³/mol. The molecule has 0 radical (unpaired) electrons. The highest BCUT2D eigenvalue weighted by Gasteiger charge is 2.36. The third-order valence-corrected chi connectivity index (χ3v) is 6.00. The summed E-state index contributed by atoms with van der Waals surface area (Å²) in [5.74, 6) is 0.936. The number of fused-ring (bicyclic) bond motifs is 1. The van der Waals surface area contributed by atoms with Crippen molar-refractivity contribution in [1.29, 1.82) is 0 Å². The summed E-state index contributed by atoms with van der Waals surface area (Å²) in [7, 11) is 0. The number of hydrogen-bond donors (Lipinski definition) is 1. The van der Waals surface area contributed by atoms with E-state index in [4.69, 9.17) is 0 Å². The Morgan fingerprint density at radius 2 is 1.58 bits per heavy atom. The van der Waals surface area contributed by atoms with E-state index in [1.807, 2.05) is 23.9 Å². The van der Waals surface area contributed by atoms with Crippen LogP contribution in [-0.2, 0) is 5.60 Å². The number of thioether (sulfide) groups is 1. The molecular weight excluding hydrogens is 314 g/mol. The van der Waals surface area contributed by atoms with E-state index in [1.54, 1.807) is 0 Å². The van der Waals surface area contributed by atoms with Crippen molar-refractivity contribution in [3.8, 4) is 5.69 Å². The second-order valence-electron chi connectivity index (χ2n) is 6.45. The van der Waals surface area contributed by atoms with E-state index in [-0.39, 0.29) is 0 Å². The Kier molecular flexibility index (Phi) is 3.78. The van der Waals surface area contributed by atoms with Crippen LogP contribution in [0.1, 0.15) is 28.9 Å². The second-order valence-corrected chi connectivity index (χ2v) is 7.59. The van der Waals surface area contributed by atoms with Gasteiger partial charge in [-0.25, -0.2) is 0 Å². The number of aromatic nitrogens is 1. The minimum atomic E-state index is -0.888. The molecule has 3 aromatic rings. The van der Waals surface area contributed by atoms with Gasteiger partial charge in [0.05, 0.1) is 0 Å². The molecule has 0 saturated heterocycles.